The molecule has 3 rings (SSSR count). The molecule has 1 aromatic rings. The van der Waals surface area contributed by atoms with Crippen molar-refractivity contribution in [3.8, 4) is 0 Å². The van der Waals surface area contributed by atoms with E-state index in [-0.39, 0.29) is 0 Å². The standard InChI is InChI=1S/C4H4N2/c1-3-2-5-4(1)6-3/h2H,1H2,(H,5,6). The average Bonchev–Trinajstić information content (AvgIpc) is 1.72. The van der Waals surface area contributed by atoms with E-state index in [0.29, 0.717) is 0 Å². The van der Waals surface area contributed by atoms with Gasteiger partial charge in [0.1, 0.15) is 5.82 Å². The van der Waals surface area contributed by atoms with Crippen LogP contribution in [0.15, 0.2) is 6.20 Å². The van der Waals surface area contributed by atoms with Crippen molar-refractivity contribution in [2.24, 2.45) is 0 Å². The van der Waals surface area contributed by atoms with Crippen LogP contribution < -0.4 is 0 Å². The van der Waals surface area contributed by atoms with E-state index >= 15 is 0 Å². The Morgan fingerprint density at radius 1 is 1.83 bits per heavy atom. The fourth-order valence-electron chi connectivity index (χ4n) is 0.666. The zero-order chi connectivity index (χ0) is 3.98. The van der Waals surface area contributed by atoms with Crippen LogP contribution in [-0.4, -0.2) is 9.97 Å². The highest BCUT2D eigenvalue weighted by Crippen LogP contribution is 2.11. The zero-order valence-electron chi connectivity index (χ0n) is 3.23. The highest BCUT2D eigenvalue weighted by atomic mass is 15.0. The molecule has 0 saturated carbocycles. The molecule has 0 aromatic carbocycles. The fourth-order valence-corrected chi connectivity index (χ4v) is 0.666. The van der Waals surface area contributed by atoms with Crippen molar-refractivity contribution in [3.05, 3.63) is 17.7 Å². The number of hydrogen-bond donors (Lipinski definition) is 1. The number of nitrogens with one attached hydrogen (secondary N) is 1. The molecule has 0 fully saturated rings. The molecular weight excluding hydrogens is 76.1 g/mol. The van der Waals surface area contributed by atoms with Gasteiger partial charge in [0.15, 0.2) is 0 Å². The van der Waals surface area contributed by atoms with Gasteiger partial charge < -0.3 is 4.98 Å². The Morgan fingerprint density at radius 2 is 2.67 bits per heavy atom. The SMILES string of the molecule is c1[nH]c2nc1C2. The minimum atomic E-state index is 1.08. The van der Waals surface area contributed by atoms with Crippen LogP contribution in [0.1, 0.15) is 11.5 Å². The maximum Gasteiger partial charge on any atom is 0.112 e. The molecule has 0 saturated heterocycles. The van der Waals surface area contributed by atoms with E-state index in [9.17, 15) is 0 Å². The number of nitrogens with zero attached hydrogens (tertiary/aromatic N) is 1. The van der Waals surface area contributed by atoms with Crippen molar-refractivity contribution in [3.63, 3.8) is 0 Å². The minimum absolute atomic E-state index is 1.08. The Balaban J connectivity index is 2.95. The van der Waals surface area contributed by atoms with E-state index in [2.05, 4.69) is 9.97 Å². The van der Waals surface area contributed by atoms with Gasteiger partial charge in [0.25, 0.3) is 0 Å². The molecule has 6 heavy (non-hydrogen) atoms. The first-order valence-corrected chi connectivity index (χ1v) is 1.98. The van der Waals surface area contributed by atoms with Crippen molar-refractivity contribution in [2.75, 3.05) is 0 Å². The summed E-state index contributed by atoms with van der Waals surface area (Å²) in [5, 5.41) is 0. The van der Waals surface area contributed by atoms with E-state index in [1.807, 2.05) is 6.20 Å². The van der Waals surface area contributed by atoms with Crippen molar-refractivity contribution >= 4 is 0 Å². The second kappa shape index (κ2) is 0.511. The van der Waals surface area contributed by atoms with Crippen LogP contribution >= 0.6 is 0 Å². The predicted octanol–water partition coefficient (Wildman–Crippen LogP) is 0.314. The lowest BCUT2D eigenvalue weighted by atomic mass is 10.3. The molecule has 0 atom stereocenters. The van der Waals surface area contributed by atoms with Crippen LogP contribution in [0.5, 0.6) is 0 Å². The van der Waals surface area contributed by atoms with Gasteiger partial charge in [-0.3, -0.25) is 0 Å². The lowest BCUT2D eigenvalue weighted by Crippen LogP contribution is -1.97. The van der Waals surface area contributed by atoms with Crippen LogP contribution in [0, 0.1) is 0 Å². The summed E-state index contributed by atoms with van der Waals surface area (Å²) in [6.45, 7) is 0. The van der Waals surface area contributed by atoms with Crippen LogP contribution in [0.3, 0.4) is 0 Å². The Kier molecular flexibility index (Phi) is 0.204. The van der Waals surface area contributed by atoms with Crippen molar-refractivity contribution < 1.29 is 0 Å². The summed E-state index contributed by atoms with van der Waals surface area (Å²) in [6, 6.07) is 0. The average molecular weight is 80.1 g/mol. The highest BCUT2D eigenvalue weighted by molar-refractivity contribution is 5.17. The van der Waals surface area contributed by atoms with Crippen molar-refractivity contribution in [1.82, 2.24) is 9.97 Å². The van der Waals surface area contributed by atoms with Gasteiger partial charge in [-0.05, 0) is 0 Å². The van der Waals surface area contributed by atoms with Crippen molar-refractivity contribution in [2.45, 2.75) is 6.42 Å². The molecule has 30 valence electrons. The largest absolute Gasteiger partial charge is 0.348 e. The normalized spacial score (nSPS) is 14.0. The monoisotopic (exact) mass is 80.0 g/mol. The Labute approximate surface area is 35.2 Å². The zero-order valence-corrected chi connectivity index (χ0v) is 3.23. The molecule has 0 aliphatic carbocycles. The van der Waals surface area contributed by atoms with Crippen LogP contribution in [0.4, 0.5) is 0 Å². The molecule has 2 nitrogen and oxygen atoms in total. The summed E-state index contributed by atoms with van der Waals surface area (Å²) in [4.78, 5) is 6.98. The topological polar surface area (TPSA) is 28.7 Å². The summed E-state index contributed by atoms with van der Waals surface area (Å²) in [6.07, 6.45) is 3.02. The second-order valence-corrected chi connectivity index (χ2v) is 1.52. The van der Waals surface area contributed by atoms with Gasteiger partial charge in [-0.2, -0.15) is 0 Å². The van der Waals surface area contributed by atoms with Gasteiger partial charge in [0.2, 0.25) is 0 Å². The number of aromatic nitrogens is 2. The summed E-state index contributed by atoms with van der Waals surface area (Å²) >= 11 is 0. The van der Waals surface area contributed by atoms with Gasteiger partial charge in [0.05, 0.1) is 5.69 Å². The molecule has 2 heteroatoms. The van der Waals surface area contributed by atoms with Crippen LogP contribution in [0.25, 0.3) is 0 Å². The molecule has 0 amide bonds. The first-order chi connectivity index (χ1) is 2.95. The van der Waals surface area contributed by atoms with E-state index in [1.165, 1.54) is 5.69 Å². The van der Waals surface area contributed by atoms with Gasteiger partial charge in [-0.1, -0.05) is 0 Å². The molecule has 0 unspecified atom stereocenters. The number of hydrogen-bond acceptors (Lipinski definition) is 1. The highest BCUT2D eigenvalue weighted by Gasteiger charge is 2.10. The summed E-state index contributed by atoms with van der Waals surface area (Å²) < 4.78 is 0. The first kappa shape index (κ1) is 2.39. The number of H-pyrrole nitrogens is 1. The van der Waals surface area contributed by atoms with Gasteiger partial charge in [-0.15, -0.1) is 0 Å². The second-order valence-electron chi connectivity index (χ2n) is 1.52. The van der Waals surface area contributed by atoms with Gasteiger partial charge in [0, 0.05) is 12.6 Å². The number of imidazole rings is 1. The summed E-state index contributed by atoms with van der Waals surface area (Å²) in [5.41, 5.74) is 1.20. The molecule has 3 heterocycles. The molecule has 2 bridgehead atoms. The Hall–Kier alpha value is -0.790. The van der Waals surface area contributed by atoms with E-state index in [1.54, 1.807) is 0 Å². The number of fused-ring (bicyclic) bond motifs is 1. The Bertz CT molecular complexity index is 142. The van der Waals surface area contributed by atoms with Gasteiger partial charge in [-0.25, -0.2) is 4.98 Å². The first-order valence-electron chi connectivity index (χ1n) is 1.98. The molecule has 0 radical (unpaired) electrons. The third-order valence-electron chi connectivity index (χ3n) is 1.03. The summed E-state index contributed by atoms with van der Waals surface area (Å²) in [5.74, 6) is 1.13. The Morgan fingerprint density at radius 3 is 2.83 bits per heavy atom. The van der Waals surface area contributed by atoms with Crippen LogP contribution in [-0.2, 0) is 6.42 Å². The van der Waals surface area contributed by atoms with E-state index in [0.717, 1.165) is 12.2 Å². The quantitative estimate of drug-likeness (QED) is 0.485. The third-order valence-corrected chi connectivity index (χ3v) is 1.03. The number of aromatic amines is 1. The lowest BCUT2D eigenvalue weighted by Gasteiger charge is -1.95. The smallest absolute Gasteiger partial charge is 0.112 e. The minimum Gasteiger partial charge on any atom is -0.348 e. The maximum atomic E-state index is 4.00. The molecule has 2 aliphatic heterocycles. The fraction of sp³-hybridized carbons (Fsp3) is 0.250. The lowest BCUT2D eigenvalue weighted by molar-refractivity contribution is 0.913. The summed E-state index contributed by atoms with van der Waals surface area (Å²) in [7, 11) is 0. The van der Waals surface area contributed by atoms with Gasteiger partial charge >= 0.3 is 0 Å². The molecule has 1 N–H and O–H groups in total. The number of rotatable bonds is 0. The van der Waals surface area contributed by atoms with E-state index < -0.39 is 0 Å². The molecule has 2 aliphatic rings. The molecule has 0 spiro atoms. The molecular formula is C4H4N2. The predicted molar refractivity (Wildman–Crippen MR) is 21.4 cm³/mol. The van der Waals surface area contributed by atoms with Crippen molar-refractivity contribution in [1.29, 1.82) is 0 Å². The van der Waals surface area contributed by atoms with Crippen LogP contribution in [0.2, 0.25) is 0 Å². The maximum absolute atomic E-state index is 4.00. The van der Waals surface area contributed by atoms with E-state index in [4.69, 9.17) is 0 Å². The molecule has 1 aromatic heterocycles. The third kappa shape index (κ3) is 0.105.